The minimum absolute atomic E-state index is 0. The van der Waals surface area contributed by atoms with Gasteiger partial charge in [-0.1, -0.05) is 130 Å². The van der Waals surface area contributed by atoms with Gasteiger partial charge in [-0.05, 0) is 32.1 Å². The Morgan fingerprint density at radius 1 is 0.472 bits per heavy atom. The standard InChI is InChI=1S/C22H48N.C8H18O3S.FH/c1-5-7-9-11-13-15-17-19-21-23(3,4)22-20-18-16-14-12-10-8-6-2;1-2-3-4-5-6-7-8-12(9,10)11;/h5-22H2,1-4H3;2-8H2,1H3,(H,9,10,11);1H/q+1;;/p-1. The molecule has 0 saturated heterocycles. The van der Waals surface area contributed by atoms with Gasteiger partial charge in [0.25, 0.3) is 0 Å². The monoisotopic (exact) mass is 539 g/mol. The molecule has 0 saturated carbocycles. The van der Waals surface area contributed by atoms with E-state index in [2.05, 4.69) is 34.9 Å². The number of hydrogen-bond acceptors (Lipinski definition) is 3. The van der Waals surface area contributed by atoms with Crippen molar-refractivity contribution in [1.29, 1.82) is 0 Å². The average molecular weight is 540 g/mol. The first-order chi connectivity index (χ1) is 16.7. The molecule has 0 atom stereocenters. The van der Waals surface area contributed by atoms with Gasteiger partial charge in [-0.3, -0.25) is 4.70 Å². The Kier molecular flexibility index (Phi) is 32.9. The van der Waals surface area contributed by atoms with E-state index in [4.69, 9.17) is 0 Å². The molecule has 0 aliphatic carbocycles. The number of unbranched alkanes of at least 4 members (excludes halogenated alkanes) is 19. The summed E-state index contributed by atoms with van der Waals surface area (Å²) in [5.41, 5.74) is 0. The van der Waals surface area contributed by atoms with E-state index in [1.807, 2.05) is 0 Å². The van der Waals surface area contributed by atoms with E-state index in [1.165, 1.54) is 133 Å². The van der Waals surface area contributed by atoms with Crippen molar-refractivity contribution in [3.05, 3.63) is 0 Å². The van der Waals surface area contributed by atoms with Crippen LogP contribution in [0.15, 0.2) is 0 Å². The van der Waals surface area contributed by atoms with Gasteiger partial charge >= 0.3 is 0 Å². The van der Waals surface area contributed by atoms with Gasteiger partial charge in [-0.15, -0.1) is 0 Å². The Morgan fingerprint density at radius 2 is 0.722 bits per heavy atom. The van der Waals surface area contributed by atoms with Crippen LogP contribution in [-0.4, -0.2) is 50.4 Å². The highest BCUT2D eigenvalue weighted by Crippen LogP contribution is 2.13. The highest BCUT2D eigenvalue weighted by molar-refractivity contribution is 7.85. The normalized spacial score (nSPS) is 11.6. The van der Waals surface area contributed by atoms with Gasteiger partial charge in [0.15, 0.2) is 0 Å². The number of nitrogens with zero attached hydrogens (tertiary/aromatic N) is 1. The summed E-state index contributed by atoms with van der Waals surface area (Å²) in [5, 5.41) is 0. The fourth-order valence-electron chi connectivity index (χ4n) is 4.52. The summed E-state index contributed by atoms with van der Waals surface area (Å²) in [6, 6.07) is 0. The van der Waals surface area contributed by atoms with Crippen LogP contribution in [0, 0.1) is 0 Å². The molecule has 4 nitrogen and oxygen atoms in total. The lowest BCUT2D eigenvalue weighted by atomic mass is 10.1. The maximum absolute atomic E-state index is 10.2. The highest BCUT2D eigenvalue weighted by atomic mass is 32.2. The predicted octanol–water partition coefficient (Wildman–Crippen LogP) is 9.39. The third kappa shape index (κ3) is 38.3. The van der Waals surface area contributed by atoms with Crippen molar-refractivity contribution >= 4 is 10.1 Å². The lowest BCUT2D eigenvalue weighted by molar-refractivity contribution is -0.890. The number of rotatable bonds is 25. The first-order valence-electron chi connectivity index (χ1n) is 15.4. The van der Waals surface area contributed by atoms with Crippen LogP contribution in [0.4, 0.5) is 4.70 Å². The van der Waals surface area contributed by atoms with Crippen LogP contribution in [0.1, 0.15) is 162 Å². The van der Waals surface area contributed by atoms with Gasteiger partial charge in [0.2, 0.25) is 0 Å². The van der Waals surface area contributed by atoms with Gasteiger partial charge in [0.05, 0.1) is 37.3 Å². The zero-order valence-corrected chi connectivity index (χ0v) is 26.0. The van der Waals surface area contributed by atoms with Crippen LogP contribution < -0.4 is 0 Å². The molecule has 0 N–H and O–H groups in total. The maximum atomic E-state index is 10.2. The largest absolute Gasteiger partial charge is 0.748 e. The van der Waals surface area contributed by atoms with E-state index >= 15 is 0 Å². The highest BCUT2D eigenvalue weighted by Gasteiger charge is 2.13. The average Bonchev–Trinajstić information content (AvgIpc) is 2.79. The smallest absolute Gasteiger partial charge is 0.0945 e. The van der Waals surface area contributed by atoms with Crippen molar-refractivity contribution in [2.45, 2.75) is 162 Å². The third-order valence-electron chi connectivity index (χ3n) is 6.98. The predicted molar refractivity (Wildman–Crippen MR) is 158 cm³/mol. The Hall–Kier alpha value is -0.200. The van der Waals surface area contributed by atoms with Crippen LogP contribution in [0.25, 0.3) is 0 Å². The van der Waals surface area contributed by atoms with Crippen LogP contribution in [-0.2, 0) is 10.1 Å². The Morgan fingerprint density at radius 3 is 1.00 bits per heavy atom. The van der Waals surface area contributed by atoms with Crippen molar-refractivity contribution < 1.29 is 22.2 Å². The Balaban J connectivity index is -0.000000710. The molecule has 0 aliphatic heterocycles. The summed E-state index contributed by atoms with van der Waals surface area (Å²) >= 11 is 0. The molecule has 0 aliphatic rings. The molecule has 0 rings (SSSR count). The van der Waals surface area contributed by atoms with Crippen LogP contribution >= 0.6 is 0 Å². The Labute approximate surface area is 227 Å². The van der Waals surface area contributed by atoms with Gasteiger partial charge in [0.1, 0.15) is 0 Å². The van der Waals surface area contributed by atoms with Gasteiger partial charge in [-0.2, -0.15) is 0 Å². The molecule has 0 radical (unpaired) electrons. The van der Waals surface area contributed by atoms with Gasteiger partial charge in [-0.25, -0.2) is 8.42 Å². The molecular formula is C30H66FNO3S. The van der Waals surface area contributed by atoms with Crippen molar-refractivity contribution in [2.75, 3.05) is 32.9 Å². The number of hydrogen-bond donors (Lipinski definition) is 0. The first-order valence-corrected chi connectivity index (χ1v) is 17.0. The molecule has 6 heteroatoms. The van der Waals surface area contributed by atoms with E-state index in [0.29, 0.717) is 6.42 Å². The van der Waals surface area contributed by atoms with Gasteiger partial charge in [0, 0.05) is 5.75 Å². The van der Waals surface area contributed by atoms with E-state index in [0.717, 1.165) is 19.3 Å². The molecule has 0 bridgehead atoms. The number of halogens is 1. The van der Waals surface area contributed by atoms with E-state index < -0.39 is 10.1 Å². The summed E-state index contributed by atoms with van der Waals surface area (Å²) in [5.74, 6) is -0.195. The molecular weight excluding hydrogens is 473 g/mol. The summed E-state index contributed by atoms with van der Waals surface area (Å²) in [6.45, 7) is 9.48. The molecule has 0 aromatic heterocycles. The topological polar surface area (TPSA) is 57.2 Å². The lowest BCUT2D eigenvalue weighted by Crippen LogP contribution is -2.41. The minimum atomic E-state index is -3.97. The van der Waals surface area contributed by atoms with Crippen molar-refractivity contribution in [3.8, 4) is 0 Å². The fraction of sp³-hybridized carbons (Fsp3) is 1.00. The van der Waals surface area contributed by atoms with Crippen LogP contribution in [0.2, 0.25) is 0 Å². The SMILES string of the molecule is CCCCCCCCCC[N+](C)(C)CCCCCCCCCC.CCCCCCCCS(=O)(=O)[O-].F. The van der Waals surface area contributed by atoms with Crippen LogP contribution in [0.3, 0.4) is 0 Å². The van der Waals surface area contributed by atoms with Gasteiger partial charge < -0.3 is 9.04 Å². The summed E-state index contributed by atoms with van der Waals surface area (Å²) in [6.07, 6.45) is 29.0. The minimum Gasteiger partial charge on any atom is -0.748 e. The molecule has 0 spiro atoms. The van der Waals surface area contributed by atoms with Crippen molar-refractivity contribution in [3.63, 3.8) is 0 Å². The second kappa shape index (κ2) is 29.4. The molecule has 222 valence electrons. The molecule has 36 heavy (non-hydrogen) atoms. The van der Waals surface area contributed by atoms with E-state index in [-0.39, 0.29) is 10.5 Å². The van der Waals surface area contributed by atoms with Crippen LogP contribution in [0.5, 0.6) is 0 Å². The van der Waals surface area contributed by atoms with Crippen molar-refractivity contribution in [2.24, 2.45) is 0 Å². The second-order valence-electron chi connectivity index (χ2n) is 11.4. The zero-order valence-electron chi connectivity index (χ0n) is 25.2. The Bertz CT molecular complexity index is 490. The first kappa shape index (κ1) is 40.3. The van der Waals surface area contributed by atoms with E-state index in [9.17, 15) is 13.0 Å². The molecule has 0 aromatic rings. The lowest BCUT2D eigenvalue weighted by Gasteiger charge is -2.30. The summed E-state index contributed by atoms with van der Waals surface area (Å²) in [4.78, 5) is 0. The molecule has 0 unspecified atom stereocenters. The van der Waals surface area contributed by atoms with Crippen molar-refractivity contribution in [1.82, 2.24) is 0 Å². The second-order valence-corrected chi connectivity index (χ2v) is 12.9. The zero-order chi connectivity index (χ0) is 26.7. The fourth-order valence-corrected chi connectivity index (χ4v) is 5.08. The maximum Gasteiger partial charge on any atom is 0.0945 e. The summed E-state index contributed by atoms with van der Waals surface area (Å²) < 4.78 is 31.7. The molecule has 0 fully saturated rings. The molecule has 0 aromatic carbocycles. The summed E-state index contributed by atoms with van der Waals surface area (Å²) in [7, 11) is 0.899. The molecule has 0 heterocycles. The third-order valence-corrected chi connectivity index (χ3v) is 7.77. The molecule has 0 amide bonds. The quantitative estimate of drug-likeness (QED) is 0.0659. The number of quaternary nitrogens is 1. The van der Waals surface area contributed by atoms with E-state index in [1.54, 1.807) is 0 Å².